The fraction of sp³-hybridized carbons (Fsp3) is 0.786. The van der Waals surface area contributed by atoms with Crippen molar-refractivity contribution in [1.82, 2.24) is 10.2 Å². The van der Waals surface area contributed by atoms with E-state index in [-0.39, 0.29) is 40.8 Å². The maximum absolute atomic E-state index is 12.0. The van der Waals surface area contributed by atoms with E-state index in [0.29, 0.717) is 0 Å². The van der Waals surface area contributed by atoms with Gasteiger partial charge in [0.25, 0.3) is 0 Å². The molecule has 1 heterocycles. The molecule has 0 aromatic carbocycles. The van der Waals surface area contributed by atoms with Crippen LogP contribution in [0, 0.1) is 0 Å². The second kappa shape index (κ2) is 6.61. The van der Waals surface area contributed by atoms with Gasteiger partial charge >= 0.3 is 0 Å². The van der Waals surface area contributed by atoms with E-state index in [1.54, 1.807) is 13.8 Å². The van der Waals surface area contributed by atoms with Crippen LogP contribution in [-0.4, -0.2) is 45.7 Å². The summed E-state index contributed by atoms with van der Waals surface area (Å²) in [6, 6.07) is 0.204. The Morgan fingerprint density at radius 1 is 1.15 bits per heavy atom. The van der Waals surface area contributed by atoms with Crippen molar-refractivity contribution in [1.29, 1.82) is 0 Å². The van der Waals surface area contributed by atoms with E-state index < -0.39 is 0 Å². The molecule has 20 heavy (non-hydrogen) atoms. The molecule has 2 aliphatic rings. The van der Waals surface area contributed by atoms with Crippen LogP contribution in [0.2, 0.25) is 0 Å². The number of carbonyl (C=O) groups excluding carboxylic acids is 3. The Morgan fingerprint density at radius 2 is 1.70 bits per heavy atom. The van der Waals surface area contributed by atoms with Crippen molar-refractivity contribution in [3.63, 3.8) is 0 Å². The monoisotopic (exact) mass is 298 g/mol. The number of amides is 3. The van der Waals surface area contributed by atoms with Crippen molar-refractivity contribution in [3.8, 4) is 0 Å². The fourth-order valence-electron chi connectivity index (χ4n) is 2.79. The topological polar surface area (TPSA) is 66.5 Å². The summed E-state index contributed by atoms with van der Waals surface area (Å²) in [5.74, 6) is -0.723. The Hall–Kier alpha value is -1.04. The molecule has 3 amide bonds. The van der Waals surface area contributed by atoms with Gasteiger partial charge in [-0.2, -0.15) is 0 Å². The largest absolute Gasteiger partial charge is 0.352 e. The SMILES string of the molecule is C[C@H]1S[C@H](C)C(=O)N(CC(=O)NC2CCCCC2)C1=O. The van der Waals surface area contributed by atoms with E-state index >= 15 is 0 Å². The summed E-state index contributed by atoms with van der Waals surface area (Å²) in [5, 5.41) is 2.43. The maximum Gasteiger partial charge on any atom is 0.242 e. The van der Waals surface area contributed by atoms with Gasteiger partial charge in [-0.3, -0.25) is 19.3 Å². The average molecular weight is 298 g/mol. The van der Waals surface area contributed by atoms with E-state index in [1.807, 2.05) is 0 Å². The van der Waals surface area contributed by atoms with Gasteiger partial charge < -0.3 is 5.32 Å². The predicted molar refractivity (Wildman–Crippen MR) is 78.3 cm³/mol. The third kappa shape index (κ3) is 3.53. The van der Waals surface area contributed by atoms with E-state index in [0.717, 1.165) is 30.6 Å². The quantitative estimate of drug-likeness (QED) is 0.798. The number of imide groups is 1. The van der Waals surface area contributed by atoms with Crippen LogP contribution >= 0.6 is 11.8 Å². The van der Waals surface area contributed by atoms with Crippen LogP contribution in [0.5, 0.6) is 0 Å². The van der Waals surface area contributed by atoms with Crippen LogP contribution < -0.4 is 5.32 Å². The first kappa shape index (κ1) is 15.4. The van der Waals surface area contributed by atoms with Crippen molar-refractivity contribution < 1.29 is 14.4 Å². The number of thioether (sulfide) groups is 1. The third-order valence-electron chi connectivity index (χ3n) is 3.91. The Balaban J connectivity index is 1.91. The van der Waals surface area contributed by atoms with E-state index in [1.165, 1.54) is 18.2 Å². The number of hydrogen-bond donors (Lipinski definition) is 1. The lowest BCUT2D eigenvalue weighted by Gasteiger charge is -2.32. The highest BCUT2D eigenvalue weighted by Crippen LogP contribution is 2.26. The highest BCUT2D eigenvalue weighted by molar-refractivity contribution is 8.02. The Bertz CT molecular complexity index is 387. The van der Waals surface area contributed by atoms with Gasteiger partial charge in [0.15, 0.2) is 0 Å². The summed E-state index contributed by atoms with van der Waals surface area (Å²) in [5.41, 5.74) is 0. The lowest BCUT2D eigenvalue weighted by atomic mass is 9.95. The van der Waals surface area contributed by atoms with Gasteiger partial charge in [0.2, 0.25) is 17.7 Å². The summed E-state index contributed by atoms with van der Waals surface area (Å²) >= 11 is 1.35. The molecule has 112 valence electrons. The Morgan fingerprint density at radius 3 is 2.25 bits per heavy atom. The van der Waals surface area contributed by atoms with E-state index in [2.05, 4.69) is 5.32 Å². The van der Waals surface area contributed by atoms with Crippen LogP contribution in [0.1, 0.15) is 46.0 Å². The lowest BCUT2D eigenvalue weighted by Crippen LogP contribution is -2.54. The van der Waals surface area contributed by atoms with Crippen molar-refractivity contribution in [2.45, 2.75) is 62.5 Å². The molecular weight excluding hydrogens is 276 g/mol. The average Bonchev–Trinajstić information content (AvgIpc) is 2.42. The van der Waals surface area contributed by atoms with Crippen molar-refractivity contribution in [2.24, 2.45) is 0 Å². The molecule has 0 spiro atoms. The first-order chi connectivity index (χ1) is 9.49. The third-order valence-corrected chi connectivity index (χ3v) is 5.13. The zero-order valence-corrected chi connectivity index (χ0v) is 12.9. The molecule has 1 aliphatic heterocycles. The molecule has 1 N–H and O–H groups in total. The molecule has 2 atom stereocenters. The van der Waals surface area contributed by atoms with E-state index in [4.69, 9.17) is 0 Å². The summed E-state index contributed by atoms with van der Waals surface area (Å²) in [6.45, 7) is 3.42. The fourth-order valence-corrected chi connectivity index (χ4v) is 3.89. The number of rotatable bonds is 3. The maximum atomic E-state index is 12.0. The van der Waals surface area contributed by atoms with Gasteiger partial charge in [-0.15, -0.1) is 11.8 Å². The minimum atomic E-state index is -0.259. The normalized spacial score (nSPS) is 28.6. The smallest absolute Gasteiger partial charge is 0.242 e. The highest BCUT2D eigenvalue weighted by Gasteiger charge is 2.38. The predicted octanol–water partition coefficient (Wildman–Crippen LogP) is 1.31. The molecule has 1 aliphatic carbocycles. The number of nitrogens with one attached hydrogen (secondary N) is 1. The zero-order valence-electron chi connectivity index (χ0n) is 12.1. The standard InChI is InChI=1S/C14H22N2O3S/c1-9-13(18)16(14(19)10(2)20-9)8-12(17)15-11-6-4-3-5-7-11/h9-11H,3-8H2,1-2H3,(H,15,17)/t9-,10-/m1/s1. The summed E-state index contributed by atoms with van der Waals surface area (Å²) in [7, 11) is 0. The van der Waals surface area contributed by atoms with Gasteiger partial charge in [0.1, 0.15) is 6.54 Å². The van der Waals surface area contributed by atoms with E-state index in [9.17, 15) is 14.4 Å². The minimum absolute atomic E-state index is 0.136. The van der Waals surface area contributed by atoms with Crippen molar-refractivity contribution in [2.75, 3.05) is 6.54 Å². The molecule has 2 fully saturated rings. The number of carbonyl (C=O) groups is 3. The molecule has 0 radical (unpaired) electrons. The molecule has 2 rings (SSSR count). The van der Waals surface area contributed by atoms with Crippen LogP contribution in [0.25, 0.3) is 0 Å². The Labute approximate surface area is 123 Å². The molecule has 0 bridgehead atoms. The lowest BCUT2D eigenvalue weighted by molar-refractivity contribution is -0.148. The van der Waals surface area contributed by atoms with Crippen molar-refractivity contribution >= 4 is 29.5 Å². The number of nitrogens with zero attached hydrogens (tertiary/aromatic N) is 1. The zero-order chi connectivity index (χ0) is 14.7. The molecule has 0 aromatic heterocycles. The molecule has 0 aromatic rings. The van der Waals surface area contributed by atoms with Gasteiger partial charge in [-0.25, -0.2) is 0 Å². The van der Waals surface area contributed by atoms with Crippen molar-refractivity contribution in [3.05, 3.63) is 0 Å². The number of hydrogen-bond acceptors (Lipinski definition) is 4. The molecule has 1 saturated heterocycles. The molecule has 0 unspecified atom stereocenters. The summed E-state index contributed by atoms with van der Waals surface area (Å²) in [4.78, 5) is 37.2. The summed E-state index contributed by atoms with van der Waals surface area (Å²) < 4.78 is 0. The minimum Gasteiger partial charge on any atom is -0.352 e. The van der Waals surface area contributed by atoms with Gasteiger partial charge in [0, 0.05) is 6.04 Å². The first-order valence-corrected chi connectivity index (χ1v) is 8.23. The van der Waals surface area contributed by atoms with Crippen LogP contribution in [-0.2, 0) is 14.4 Å². The van der Waals surface area contributed by atoms with Crippen LogP contribution in [0.3, 0.4) is 0 Å². The van der Waals surface area contributed by atoms with Gasteiger partial charge in [-0.1, -0.05) is 19.3 Å². The first-order valence-electron chi connectivity index (χ1n) is 7.29. The summed E-state index contributed by atoms with van der Waals surface area (Å²) in [6.07, 6.45) is 5.49. The molecule has 5 nitrogen and oxygen atoms in total. The van der Waals surface area contributed by atoms with Crippen LogP contribution in [0.4, 0.5) is 0 Å². The highest BCUT2D eigenvalue weighted by atomic mass is 32.2. The Kier molecular flexibility index (Phi) is 5.07. The van der Waals surface area contributed by atoms with Crippen LogP contribution in [0.15, 0.2) is 0 Å². The molecule has 6 heteroatoms. The van der Waals surface area contributed by atoms with Gasteiger partial charge in [0.05, 0.1) is 10.5 Å². The second-order valence-electron chi connectivity index (χ2n) is 5.59. The molecule has 1 saturated carbocycles. The molecular formula is C14H22N2O3S. The second-order valence-corrected chi connectivity index (χ2v) is 7.27. The van der Waals surface area contributed by atoms with Gasteiger partial charge in [-0.05, 0) is 26.7 Å².